The van der Waals surface area contributed by atoms with E-state index >= 15 is 0 Å². The molecule has 0 aromatic carbocycles. The van der Waals surface area contributed by atoms with Gasteiger partial charge in [0.25, 0.3) is 0 Å². The van der Waals surface area contributed by atoms with Crippen LogP contribution in [0.15, 0.2) is 23.8 Å². The predicted molar refractivity (Wildman–Crippen MR) is 113 cm³/mol. The fourth-order valence-electron chi connectivity index (χ4n) is 7.26. The fraction of sp³-hybridized carbons (Fsp3) is 0.760. The lowest BCUT2D eigenvalue weighted by Crippen LogP contribution is -2.63. The molecule has 0 radical (unpaired) electrons. The first-order valence-electron chi connectivity index (χ1n) is 14.6. The maximum atomic E-state index is 13.7. The number of allylic oxidation sites excluding steroid dienone is 4. The summed E-state index contributed by atoms with van der Waals surface area (Å²) >= 11 is 0. The minimum absolute atomic E-state index is 0.0520. The third-order valence-corrected chi connectivity index (χ3v) is 8.53. The Bertz CT molecular complexity index is 1170. The topological polar surface area (TPSA) is 93.1 Å². The van der Waals surface area contributed by atoms with Gasteiger partial charge in [0.05, 0.1) is 19.1 Å². The van der Waals surface area contributed by atoms with Crippen molar-refractivity contribution in [3.63, 3.8) is 0 Å². The Morgan fingerprint density at radius 2 is 2.26 bits per heavy atom. The second-order valence-corrected chi connectivity index (χ2v) is 9.98. The molecule has 6 heteroatoms. The van der Waals surface area contributed by atoms with E-state index in [0.717, 1.165) is 6.08 Å². The van der Waals surface area contributed by atoms with Crippen molar-refractivity contribution in [2.24, 2.45) is 28.6 Å². The van der Waals surface area contributed by atoms with Crippen LogP contribution in [-0.4, -0.2) is 52.4 Å². The van der Waals surface area contributed by atoms with E-state index in [1.54, 1.807) is 20.8 Å². The van der Waals surface area contributed by atoms with Crippen LogP contribution in [0.4, 0.5) is 0 Å². The molecule has 4 fully saturated rings. The molecule has 0 bridgehead atoms. The van der Waals surface area contributed by atoms with E-state index in [2.05, 4.69) is 0 Å². The number of carbonyl (C=O) groups excluding carboxylic acids is 2. The molecule has 1 heterocycles. The van der Waals surface area contributed by atoms with Crippen molar-refractivity contribution in [2.75, 3.05) is 6.56 Å². The van der Waals surface area contributed by atoms with Gasteiger partial charge in [-0.3, -0.25) is 9.59 Å². The number of ketones is 2. The molecule has 0 aromatic heterocycles. The van der Waals surface area contributed by atoms with E-state index < -0.39 is 83.2 Å². The number of rotatable bonds is 4. The van der Waals surface area contributed by atoms with Gasteiger partial charge in [-0.2, -0.15) is 0 Å². The van der Waals surface area contributed by atoms with Crippen LogP contribution in [0.1, 0.15) is 68.8 Å². The first-order valence-corrected chi connectivity index (χ1v) is 11.1. The number of hydrogen-bond donors (Lipinski definition) is 2. The minimum atomic E-state index is -3.32. The highest BCUT2D eigenvalue weighted by atomic mass is 16.7. The summed E-state index contributed by atoms with van der Waals surface area (Å²) < 4.78 is 71.1. The minimum Gasteiger partial charge on any atom is -0.393 e. The summed E-state index contributed by atoms with van der Waals surface area (Å²) in [5, 5.41) is 21.9. The van der Waals surface area contributed by atoms with Gasteiger partial charge in [0.2, 0.25) is 0 Å². The van der Waals surface area contributed by atoms with Gasteiger partial charge < -0.3 is 19.7 Å². The molecule has 5 aliphatic rings. The lowest BCUT2D eigenvalue weighted by molar-refractivity contribution is -0.200. The number of ether oxygens (including phenoxy) is 2. The number of aliphatic hydroxyl groups is 2. The quantitative estimate of drug-likeness (QED) is 0.703. The summed E-state index contributed by atoms with van der Waals surface area (Å²) in [6.45, 7) is 1.70. The lowest BCUT2D eigenvalue weighted by Gasteiger charge is -2.59. The molecular weight excluding hydrogens is 396 g/mol. The van der Waals surface area contributed by atoms with Gasteiger partial charge in [-0.25, -0.2) is 0 Å². The molecule has 0 amide bonds. The Morgan fingerprint density at radius 3 is 2.97 bits per heavy atom. The van der Waals surface area contributed by atoms with Crippen LogP contribution < -0.4 is 0 Å². The summed E-state index contributed by atoms with van der Waals surface area (Å²) in [6.07, 6.45) is -4.95. The van der Waals surface area contributed by atoms with Crippen molar-refractivity contribution >= 4 is 11.6 Å². The Kier molecular flexibility index (Phi) is 3.36. The van der Waals surface area contributed by atoms with Crippen molar-refractivity contribution in [1.82, 2.24) is 0 Å². The summed E-state index contributed by atoms with van der Waals surface area (Å²) in [6, 6.07) is -0.917. The second-order valence-electron chi connectivity index (χ2n) is 9.98. The number of Topliss-reactive ketones (excluding diaryl/α,β-unsaturated/α-hetero) is 1. The summed E-state index contributed by atoms with van der Waals surface area (Å²) in [5.41, 5.74) is -4.86. The standard InChI is InChI=1S/C25H34O6/c1-4-5-21-30-20-11-17-16-7-6-14-10-15(27)8-9-23(14,2)22(16)18(28)12-24(17,3)25(20,31-21)19(29)13-26/h8-10,16-18,20-22,26,28H,4-7,11-13H2,1-3H3/t16-,17-,18-,20+,21?,22+,23-,24-,25+/m0/s1/i6D2,8D,9D,13D2,21D. The maximum absolute atomic E-state index is 13.7. The van der Waals surface area contributed by atoms with Gasteiger partial charge in [0.1, 0.15) is 6.56 Å². The van der Waals surface area contributed by atoms with E-state index in [1.807, 2.05) is 0 Å². The zero-order valence-corrected chi connectivity index (χ0v) is 18.0. The van der Waals surface area contributed by atoms with Crippen molar-refractivity contribution in [1.29, 1.82) is 0 Å². The Morgan fingerprint density at radius 1 is 1.48 bits per heavy atom. The first-order chi connectivity index (χ1) is 17.3. The highest BCUT2D eigenvalue weighted by Crippen LogP contribution is 2.69. The molecule has 4 aliphatic carbocycles. The average molecular weight is 438 g/mol. The molecular formula is C25H34O6. The lowest BCUT2D eigenvalue weighted by atomic mass is 9.46. The van der Waals surface area contributed by atoms with Crippen LogP contribution in [0.2, 0.25) is 0 Å². The van der Waals surface area contributed by atoms with Crippen LogP contribution >= 0.6 is 0 Å². The van der Waals surface area contributed by atoms with Gasteiger partial charge in [0.15, 0.2) is 23.4 Å². The van der Waals surface area contributed by atoms with Crippen LogP contribution in [0.25, 0.3) is 0 Å². The van der Waals surface area contributed by atoms with E-state index in [-0.39, 0.29) is 37.3 Å². The number of carbonyl (C=O) groups is 2. The third-order valence-electron chi connectivity index (χ3n) is 8.53. The Balaban J connectivity index is 1.67. The molecule has 31 heavy (non-hydrogen) atoms. The largest absolute Gasteiger partial charge is 0.393 e. The van der Waals surface area contributed by atoms with Crippen molar-refractivity contribution < 1.29 is 38.9 Å². The van der Waals surface area contributed by atoms with Gasteiger partial charge in [-0.15, -0.1) is 0 Å². The van der Waals surface area contributed by atoms with E-state index in [1.165, 1.54) is 0 Å². The molecule has 1 unspecified atom stereocenters. The maximum Gasteiger partial charge on any atom is 0.193 e. The van der Waals surface area contributed by atoms with Crippen LogP contribution in [0.3, 0.4) is 0 Å². The van der Waals surface area contributed by atoms with Crippen LogP contribution in [0.5, 0.6) is 0 Å². The number of fused-ring (bicyclic) bond motifs is 7. The van der Waals surface area contributed by atoms with Gasteiger partial charge in [0, 0.05) is 19.5 Å². The number of aliphatic hydroxyl groups excluding tert-OH is 1. The summed E-state index contributed by atoms with van der Waals surface area (Å²) in [7, 11) is 0. The normalized spacial score (nSPS) is 58.7. The SMILES string of the molecule is [2H]C1=C([2H])[C@@]2(C)C(=CC1=O)C([2H])([2H])C[C@@H]1[C@@H]2[C@@H](O)C[C@@]2(C)[C@H]1C[C@H]1OC([2H])(CCC)O[C@]12C(=O)C([2H])([2H])O. The van der Waals surface area contributed by atoms with Gasteiger partial charge in [-0.05, 0) is 56.0 Å². The van der Waals surface area contributed by atoms with Crippen molar-refractivity contribution in [3.8, 4) is 0 Å². The second kappa shape index (κ2) is 7.08. The summed E-state index contributed by atoms with van der Waals surface area (Å²) in [4.78, 5) is 26.1. The van der Waals surface area contributed by atoms with E-state index in [4.69, 9.17) is 19.1 Å². The highest BCUT2D eigenvalue weighted by molar-refractivity contribution is 6.01. The van der Waals surface area contributed by atoms with Crippen LogP contribution in [-0.2, 0) is 19.1 Å². The molecule has 0 spiro atoms. The van der Waals surface area contributed by atoms with Crippen molar-refractivity contribution in [3.05, 3.63) is 23.8 Å². The molecule has 5 rings (SSSR count). The predicted octanol–water partition coefficient (Wildman–Crippen LogP) is 2.72. The Hall–Kier alpha value is -1.34. The van der Waals surface area contributed by atoms with Gasteiger partial charge in [-0.1, -0.05) is 38.8 Å². The van der Waals surface area contributed by atoms with Crippen molar-refractivity contribution in [2.45, 2.75) is 83.3 Å². The van der Waals surface area contributed by atoms with Gasteiger partial charge >= 0.3 is 0 Å². The monoisotopic (exact) mass is 437 g/mol. The third kappa shape index (κ3) is 2.65. The molecule has 1 aliphatic heterocycles. The smallest absolute Gasteiger partial charge is 0.193 e. The highest BCUT2D eigenvalue weighted by Gasteiger charge is 2.75. The zero-order chi connectivity index (χ0) is 28.4. The fourth-order valence-corrected chi connectivity index (χ4v) is 7.26. The average Bonchev–Trinajstić information content (AvgIpc) is 3.20. The molecule has 170 valence electrons. The molecule has 1 saturated heterocycles. The first kappa shape index (κ1) is 14.7. The Labute approximate surface area is 193 Å². The zero-order valence-electron chi connectivity index (χ0n) is 25.0. The summed E-state index contributed by atoms with van der Waals surface area (Å²) in [5.74, 6) is -4.06. The molecule has 2 N–H and O–H groups in total. The molecule has 6 nitrogen and oxygen atoms in total. The molecule has 0 aromatic rings. The molecule has 9 atom stereocenters. The van der Waals surface area contributed by atoms with E-state index in [0.29, 0.717) is 6.42 Å². The van der Waals surface area contributed by atoms with Crippen LogP contribution in [0, 0.1) is 28.6 Å². The number of hydrogen-bond acceptors (Lipinski definition) is 6. The molecule has 3 saturated carbocycles. The van der Waals surface area contributed by atoms with E-state index in [9.17, 15) is 19.8 Å².